The molecular formula is C15H25N3O2S. The maximum atomic E-state index is 12.4. The van der Waals surface area contributed by atoms with Gasteiger partial charge in [-0.2, -0.15) is 0 Å². The predicted octanol–water partition coefficient (Wildman–Crippen LogP) is 1.59. The first kappa shape index (κ1) is 16.3. The first-order valence-corrected chi connectivity index (χ1v) is 8.74. The van der Waals surface area contributed by atoms with E-state index in [1.165, 1.54) is 6.07 Å². The van der Waals surface area contributed by atoms with E-state index >= 15 is 0 Å². The number of nitrogens with two attached hydrogens (primary N) is 1. The summed E-state index contributed by atoms with van der Waals surface area (Å²) in [6.07, 6.45) is 2.00. The van der Waals surface area contributed by atoms with E-state index in [9.17, 15) is 8.42 Å². The van der Waals surface area contributed by atoms with Gasteiger partial charge in [-0.15, -0.1) is 0 Å². The van der Waals surface area contributed by atoms with E-state index in [4.69, 9.17) is 5.73 Å². The molecule has 0 radical (unpaired) electrons. The largest absolute Gasteiger partial charge is 0.399 e. The molecule has 0 unspecified atom stereocenters. The van der Waals surface area contributed by atoms with Gasteiger partial charge in [-0.1, -0.05) is 6.92 Å². The topological polar surface area (TPSA) is 75.4 Å². The number of benzene rings is 1. The molecule has 0 atom stereocenters. The van der Waals surface area contributed by atoms with Gasteiger partial charge >= 0.3 is 0 Å². The second-order valence-electron chi connectivity index (χ2n) is 6.52. The summed E-state index contributed by atoms with van der Waals surface area (Å²) in [4.78, 5) is 2.52. The van der Waals surface area contributed by atoms with E-state index in [-0.39, 0.29) is 10.3 Å². The summed E-state index contributed by atoms with van der Waals surface area (Å²) >= 11 is 0. The quantitative estimate of drug-likeness (QED) is 0.828. The molecule has 1 aliphatic heterocycles. The number of sulfonamides is 1. The van der Waals surface area contributed by atoms with Crippen molar-refractivity contribution in [3.8, 4) is 0 Å². The molecule has 0 aromatic heterocycles. The molecule has 2 rings (SSSR count). The summed E-state index contributed by atoms with van der Waals surface area (Å²) in [5.74, 6) is 0. The van der Waals surface area contributed by atoms with Crippen LogP contribution >= 0.6 is 0 Å². The Hall–Kier alpha value is -1.11. The minimum atomic E-state index is -3.50. The minimum Gasteiger partial charge on any atom is -0.399 e. The van der Waals surface area contributed by atoms with E-state index in [1.807, 2.05) is 6.92 Å². The average molecular weight is 311 g/mol. The molecule has 0 aliphatic carbocycles. The van der Waals surface area contributed by atoms with Gasteiger partial charge in [-0.3, -0.25) is 0 Å². The number of rotatable bonds is 4. The number of hydrogen-bond donors (Lipinski definition) is 2. The number of nitrogens with one attached hydrogen (secondary N) is 1. The van der Waals surface area contributed by atoms with E-state index in [1.54, 1.807) is 12.1 Å². The molecule has 1 aromatic rings. The van der Waals surface area contributed by atoms with Crippen molar-refractivity contribution >= 4 is 15.7 Å². The first-order chi connectivity index (χ1) is 9.70. The molecule has 1 fully saturated rings. The van der Waals surface area contributed by atoms with Crippen molar-refractivity contribution in [3.63, 3.8) is 0 Å². The molecule has 118 valence electrons. The average Bonchev–Trinajstić information content (AvgIpc) is 2.40. The molecule has 5 nitrogen and oxygen atoms in total. The van der Waals surface area contributed by atoms with E-state index in [0.717, 1.165) is 31.5 Å². The molecule has 0 spiro atoms. The predicted molar refractivity (Wildman–Crippen MR) is 85.6 cm³/mol. The van der Waals surface area contributed by atoms with Gasteiger partial charge in [0, 0.05) is 12.2 Å². The van der Waals surface area contributed by atoms with Crippen LogP contribution in [0.5, 0.6) is 0 Å². The molecule has 21 heavy (non-hydrogen) atoms. The molecule has 0 saturated carbocycles. The normalized spacial score (nSPS) is 19.6. The minimum absolute atomic E-state index is 0.0228. The van der Waals surface area contributed by atoms with Crippen molar-refractivity contribution in [3.05, 3.63) is 23.8 Å². The third-order valence-electron chi connectivity index (χ3n) is 4.27. The zero-order chi connectivity index (χ0) is 15.7. The van der Waals surface area contributed by atoms with E-state index in [0.29, 0.717) is 12.2 Å². The SMILES string of the molecule is Cc1cc(N)cc(S(=O)(=O)NCC2(C)CCN(C)CC2)c1. The maximum Gasteiger partial charge on any atom is 0.240 e. The highest BCUT2D eigenvalue weighted by molar-refractivity contribution is 7.89. The maximum absolute atomic E-state index is 12.4. The van der Waals surface area contributed by atoms with Gasteiger partial charge in [-0.05, 0) is 69.1 Å². The van der Waals surface area contributed by atoms with Gasteiger partial charge in [0.05, 0.1) is 4.90 Å². The molecule has 3 N–H and O–H groups in total. The van der Waals surface area contributed by atoms with Gasteiger partial charge in [0.25, 0.3) is 0 Å². The molecule has 6 heteroatoms. The van der Waals surface area contributed by atoms with Crippen LogP contribution < -0.4 is 10.5 Å². The summed E-state index contributed by atoms with van der Waals surface area (Å²) in [6.45, 7) is 6.48. The Bertz CT molecular complexity index is 585. The summed E-state index contributed by atoms with van der Waals surface area (Å²) in [5.41, 5.74) is 7.08. The van der Waals surface area contributed by atoms with Crippen LogP contribution in [0.2, 0.25) is 0 Å². The van der Waals surface area contributed by atoms with Crippen LogP contribution in [-0.2, 0) is 10.0 Å². The Labute approximate surface area is 127 Å². The lowest BCUT2D eigenvalue weighted by Gasteiger charge is -2.37. The highest BCUT2D eigenvalue weighted by Crippen LogP contribution is 2.30. The summed E-state index contributed by atoms with van der Waals surface area (Å²) in [7, 11) is -1.40. The molecule has 0 amide bonds. The standard InChI is InChI=1S/C15H25N3O2S/c1-12-8-13(16)10-14(9-12)21(19,20)17-11-15(2)4-6-18(3)7-5-15/h8-10,17H,4-7,11,16H2,1-3H3. The van der Waals surface area contributed by atoms with E-state index in [2.05, 4.69) is 23.6 Å². The third kappa shape index (κ3) is 4.18. The molecule has 0 bridgehead atoms. The summed E-state index contributed by atoms with van der Waals surface area (Å²) < 4.78 is 27.6. The van der Waals surface area contributed by atoms with Crippen LogP contribution in [0, 0.1) is 12.3 Å². The van der Waals surface area contributed by atoms with Crippen LogP contribution in [-0.4, -0.2) is 40.0 Å². The van der Waals surface area contributed by atoms with Crippen molar-refractivity contribution in [1.82, 2.24) is 9.62 Å². The van der Waals surface area contributed by atoms with Gasteiger partial charge in [-0.25, -0.2) is 13.1 Å². The van der Waals surface area contributed by atoms with Crippen molar-refractivity contribution in [2.45, 2.75) is 31.6 Å². The highest BCUT2D eigenvalue weighted by Gasteiger charge is 2.30. The van der Waals surface area contributed by atoms with Crippen LogP contribution in [0.4, 0.5) is 5.69 Å². The lowest BCUT2D eigenvalue weighted by molar-refractivity contribution is 0.143. The zero-order valence-electron chi connectivity index (χ0n) is 13.0. The second kappa shape index (κ2) is 5.94. The fourth-order valence-electron chi connectivity index (χ4n) is 2.62. The molecule has 1 heterocycles. The number of likely N-dealkylation sites (tertiary alicyclic amines) is 1. The molecular weight excluding hydrogens is 286 g/mol. The van der Waals surface area contributed by atoms with Gasteiger partial charge in [0.15, 0.2) is 0 Å². The van der Waals surface area contributed by atoms with Crippen molar-refractivity contribution in [1.29, 1.82) is 0 Å². The Morgan fingerprint density at radius 2 is 1.90 bits per heavy atom. The Morgan fingerprint density at radius 3 is 2.48 bits per heavy atom. The van der Waals surface area contributed by atoms with E-state index < -0.39 is 10.0 Å². The number of aryl methyl sites for hydroxylation is 1. The monoisotopic (exact) mass is 311 g/mol. The molecule has 1 aromatic carbocycles. The Morgan fingerprint density at radius 1 is 1.29 bits per heavy atom. The van der Waals surface area contributed by atoms with Crippen LogP contribution in [0.3, 0.4) is 0 Å². The van der Waals surface area contributed by atoms with Gasteiger partial charge < -0.3 is 10.6 Å². The number of piperidine rings is 1. The molecule has 1 saturated heterocycles. The first-order valence-electron chi connectivity index (χ1n) is 7.26. The third-order valence-corrected chi connectivity index (χ3v) is 5.65. The van der Waals surface area contributed by atoms with Crippen molar-refractivity contribution < 1.29 is 8.42 Å². The van der Waals surface area contributed by atoms with Crippen LogP contribution in [0.1, 0.15) is 25.3 Å². The highest BCUT2D eigenvalue weighted by atomic mass is 32.2. The van der Waals surface area contributed by atoms with Crippen molar-refractivity contribution in [2.75, 3.05) is 32.4 Å². The number of hydrogen-bond acceptors (Lipinski definition) is 4. The smallest absolute Gasteiger partial charge is 0.240 e. The molecule has 1 aliphatic rings. The lowest BCUT2D eigenvalue weighted by atomic mass is 9.81. The van der Waals surface area contributed by atoms with Gasteiger partial charge in [0.2, 0.25) is 10.0 Å². The Kier molecular flexibility index (Phi) is 4.60. The summed E-state index contributed by atoms with van der Waals surface area (Å²) in [5, 5.41) is 0. The Balaban J connectivity index is 2.07. The second-order valence-corrected chi connectivity index (χ2v) is 8.28. The number of nitrogens with zero attached hydrogens (tertiary/aromatic N) is 1. The number of anilines is 1. The lowest BCUT2D eigenvalue weighted by Crippen LogP contribution is -2.43. The summed E-state index contributed by atoms with van der Waals surface area (Å²) in [6, 6.07) is 4.92. The van der Waals surface area contributed by atoms with Gasteiger partial charge in [0.1, 0.15) is 0 Å². The van der Waals surface area contributed by atoms with Crippen LogP contribution in [0.25, 0.3) is 0 Å². The van der Waals surface area contributed by atoms with Crippen molar-refractivity contribution in [2.24, 2.45) is 5.41 Å². The fourth-order valence-corrected chi connectivity index (χ4v) is 3.96. The fraction of sp³-hybridized carbons (Fsp3) is 0.600. The zero-order valence-corrected chi connectivity index (χ0v) is 13.8. The number of nitrogen functional groups attached to an aromatic ring is 1. The van der Waals surface area contributed by atoms with Crippen LogP contribution in [0.15, 0.2) is 23.1 Å².